The van der Waals surface area contributed by atoms with Crippen molar-refractivity contribution in [3.63, 3.8) is 0 Å². The molecule has 0 radical (unpaired) electrons. The lowest BCUT2D eigenvalue weighted by molar-refractivity contribution is -0.431. The van der Waals surface area contributed by atoms with Crippen molar-refractivity contribution in [2.24, 2.45) is 0 Å². The molecule has 0 fully saturated rings. The van der Waals surface area contributed by atoms with Crippen molar-refractivity contribution < 1.29 is 24.7 Å². The van der Waals surface area contributed by atoms with Crippen LogP contribution in [0.2, 0.25) is 0 Å². The molecule has 132 valence electrons. The summed E-state index contributed by atoms with van der Waals surface area (Å²) >= 11 is 0. The average Bonchev–Trinajstić information content (AvgIpc) is 3.23. The first-order valence-electron chi connectivity index (χ1n) is 7.32. The predicted molar refractivity (Wildman–Crippen MR) is 86.0 cm³/mol. The summed E-state index contributed by atoms with van der Waals surface area (Å²) in [6, 6.07) is 3.92. The smallest absolute Gasteiger partial charge is 0.291 e. The minimum absolute atomic E-state index is 0.152. The molecule has 1 aliphatic rings. The van der Waals surface area contributed by atoms with Crippen molar-refractivity contribution in [1.82, 2.24) is 14.8 Å². The number of hydrogen-bond acceptors (Lipinski definition) is 9. The summed E-state index contributed by atoms with van der Waals surface area (Å²) in [5.41, 5.74) is -0.575. The topological polar surface area (TPSA) is 160 Å². The van der Waals surface area contributed by atoms with Gasteiger partial charge >= 0.3 is 0 Å². The third kappa shape index (κ3) is 2.30. The number of aromatic nitrogens is 3. The normalized spacial score (nSPS) is 15.8. The summed E-state index contributed by atoms with van der Waals surface area (Å²) < 4.78 is 6.38. The van der Waals surface area contributed by atoms with E-state index in [2.05, 4.69) is 15.4 Å². The van der Waals surface area contributed by atoms with E-state index in [0.29, 0.717) is 5.76 Å². The summed E-state index contributed by atoms with van der Waals surface area (Å²) in [6.45, 7) is 0. The Morgan fingerprint density at radius 2 is 2.00 bits per heavy atom. The lowest BCUT2D eigenvalue weighted by atomic mass is 10.0. The number of benzene rings is 1. The van der Waals surface area contributed by atoms with Crippen molar-refractivity contribution in [2.75, 3.05) is 5.32 Å². The Kier molecular flexibility index (Phi) is 3.29. The van der Waals surface area contributed by atoms with Gasteiger partial charge in [-0.2, -0.15) is 4.98 Å². The molecule has 0 spiro atoms. The van der Waals surface area contributed by atoms with Crippen LogP contribution in [0, 0.1) is 10.1 Å². The first-order chi connectivity index (χ1) is 12.5. The van der Waals surface area contributed by atoms with Crippen LogP contribution in [0.1, 0.15) is 11.6 Å². The van der Waals surface area contributed by atoms with Gasteiger partial charge in [0.05, 0.1) is 22.9 Å². The fourth-order valence-electron chi connectivity index (χ4n) is 2.77. The minimum atomic E-state index is -1.28. The molecule has 1 aliphatic heterocycles. The molecular formula is C15H11N5O6. The average molecular weight is 357 g/mol. The fourth-order valence-corrected chi connectivity index (χ4v) is 2.77. The van der Waals surface area contributed by atoms with Gasteiger partial charge < -0.3 is 25.1 Å². The number of phenols is 3. The monoisotopic (exact) mass is 357 g/mol. The molecule has 0 aliphatic carbocycles. The quantitative estimate of drug-likeness (QED) is 0.404. The van der Waals surface area contributed by atoms with Crippen molar-refractivity contribution in [1.29, 1.82) is 0 Å². The molecule has 11 nitrogen and oxygen atoms in total. The second-order valence-corrected chi connectivity index (χ2v) is 5.45. The van der Waals surface area contributed by atoms with Crippen LogP contribution >= 0.6 is 0 Å². The lowest BCUT2D eigenvalue weighted by Crippen LogP contribution is -2.25. The lowest BCUT2D eigenvalue weighted by Gasteiger charge is -2.22. The third-order valence-electron chi connectivity index (χ3n) is 3.85. The Labute approximate surface area is 144 Å². The van der Waals surface area contributed by atoms with Crippen LogP contribution in [0.25, 0.3) is 11.6 Å². The number of allylic oxidation sites excluding steroid dienone is 1. The second kappa shape index (κ2) is 5.51. The number of nitro groups is 1. The molecular weight excluding hydrogens is 346 g/mol. The van der Waals surface area contributed by atoms with Crippen LogP contribution in [-0.2, 0) is 0 Å². The molecule has 0 bridgehead atoms. The highest BCUT2D eigenvalue weighted by Gasteiger charge is 2.39. The van der Waals surface area contributed by atoms with Gasteiger partial charge in [0.25, 0.3) is 5.70 Å². The summed E-state index contributed by atoms with van der Waals surface area (Å²) in [5, 5.41) is 48.2. The molecule has 2 aromatic heterocycles. The highest BCUT2D eigenvalue weighted by Crippen LogP contribution is 2.43. The van der Waals surface area contributed by atoms with E-state index in [9.17, 15) is 25.4 Å². The zero-order valence-corrected chi connectivity index (χ0v) is 12.9. The first-order valence-corrected chi connectivity index (χ1v) is 7.32. The summed E-state index contributed by atoms with van der Waals surface area (Å²) in [7, 11) is 0. The van der Waals surface area contributed by atoms with Gasteiger partial charge in [0.1, 0.15) is 17.2 Å². The number of phenolic OH excluding ortho intramolecular Hbond substituents is 3. The maximum Gasteiger partial charge on any atom is 0.291 e. The molecule has 1 aromatic carbocycles. The Morgan fingerprint density at radius 1 is 1.27 bits per heavy atom. The Hall–Kier alpha value is -4.02. The largest absolute Gasteiger partial charge is 0.508 e. The van der Waals surface area contributed by atoms with Gasteiger partial charge in [0.15, 0.2) is 11.8 Å². The highest BCUT2D eigenvalue weighted by molar-refractivity contribution is 5.56. The molecule has 3 heterocycles. The summed E-state index contributed by atoms with van der Waals surface area (Å²) in [4.78, 5) is 15.0. The van der Waals surface area contributed by atoms with Gasteiger partial charge in [-0.1, -0.05) is 0 Å². The van der Waals surface area contributed by atoms with Crippen molar-refractivity contribution in [3.05, 3.63) is 58.1 Å². The molecule has 0 saturated carbocycles. The van der Waals surface area contributed by atoms with E-state index in [-0.39, 0.29) is 28.8 Å². The first kappa shape index (κ1) is 15.5. The zero-order chi connectivity index (χ0) is 18.4. The van der Waals surface area contributed by atoms with E-state index in [0.717, 1.165) is 23.0 Å². The molecule has 3 aromatic rings. The minimum Gasteiger partial charge on any atom is -0.508 e. The molecule has 0 amide bonds. The van der Waals surface area contributed by atoms with Gasteiger partial charge in [-0.05, 0) is 12.1 Å². The van der Waals surface area contributed by atoms with Crippen LogP contribution in [0.4, 0.5) is 5.95 Å². The van der Waals surface area contributed by atoms with Crippen LogP contribution in [0.5, 0.6) is 17.2 Å². The van der Waals surface area contributed by atoms with Gasteiger partial charge in [0.2, 0.25) is 11.8 Å². The van der Waals surface area contributed by atoms with Gasteiger partial charge in [-0.15, -0.1) is 5.10 Å². The van der Waals surface area contributed by atoms with Crippen LogP contribution in [0.15, 0.2) is 46.8 Å². The van der Waals surface area contributed by atoms with Gasteiger partial charge in [-0.25, -0.2) is 4.68 Å². The third-order valence-corrected chi connectivity index (χ3v) is 3.85. The molecule has 0 saturated heterocycles. The molecule has 4 N–H and O–H groups in total. The summed E-state index contributed by atoms with van der Waals surface area (Å²) in [5.74, 6) is -0.780. The number of anilines is 1. The Balaban J connectivity index is 1.92. The number of nitrogens with one attached hydrogen (secondary N) is 1. The van der Waals surface area contributed by atoms with E-state index >= 15 is 0 Å². The molecule has 4 rings (SSSR count). The van der Waals surface area contributed by atoms with Crippen LogP contribution in [0.3, 0.4) is 0 Å². The van der Waals surface area contributed by atoms with Gasteiger partial charge in [0, 0.05) is 12.1 Å². The van der Waals surface area contributed by atoms with Crippen LogP contribution in [-0.4, -0.2) is 35.0 Å². The van der Waals surface area contributed by atoms with Crippen molar-refractivity contribution in [2.45, 2.75) is 6.04 Å². The maximum atomic E-state index is 11.5. The number of aromatic hydroxyl groups is 3. The van der Waals surface area contributed by atoms with E-state index in [1.54, 1.807) is 12.1 Å². The van der Waals surface area contributed by atoms with E-state index in [4.69, 9.17) is 4.42 Å². The Morgan fingerprint density at radius 3 is 2.62 bits per heavy atom. The second-order valence-electron chi connectivity index (χ2n) is 5.45. The zero-order valence-electron chi connectivity index (χ0n) is 12.9. The highest BCUT2D eigenvalue weighted by atomic mass is 16.6. The standard InChI is InChI=1S/C15H11N5O6/c21-7-4-9(22)12(10(23)5-7)13-8(20(24)25)6-16-15-17-14(18-19(13)15)11-2-1-3-26-11/h1-6,13,21-23H,(H,16,17,18). The van der Waals surface area contributed by atoms with E-state index < -0.39 is 22.5 Å². The molecule has 1 unspecified atom stereocenters. The Bertz CT molecular complexity index is 1020. The van der Waals surface area contributed by atoms with E-state index in [1.807, 2.05) is 0 Å². The number of rotatable bonds is 3. The van der Waals surface area contributed by atoms with Crippen molar-refractivity contribution >= 4 is 5.95 Å². The number of furan rings is 1. The van der Waals surface area contributed by atoms with Crippen molar-refractivity contribution in [3.8, 4) is 28.8 Å². The SMILES string of the molecule is O=[N+]([O-])C1=CNc2nc(-c3ccco3)nn2C1c1c(O)cc(O)cc1O. The summed E-state index contributed by atoms with van der Waals surface area (Å²) in [6.07, 6.45) is 2.53. The molecule has 1 atom stereocenters. The predicted octanol–water partition coefficient (Wildman–Crippen LogP) is 1.79. The number of fused-ring (bicyclic) bond motifs is 1. The number of nitrogens with zero attached hydrogens (tertiary/aromatic N) is 4. The van der Waals surface area contributed by atoms with E-state index in [1.165, 1.54) is 6.26 Å². The molecule has 11 heteroatoms. The molecule has 26 heavy (non-hydrogen) atoms. The number of hydrogen-bond donors (Lipinski definition) is 4. The van der Waals surface area contributed by atoms with Gasteiger partial charge in [-0.3, -0.25) is 10.1 Å². The van der Waals surface area contributed by atoms with Crippen LogP contribution < -0.4 is 5.32 Å². The maximum absolute atomic E-state index is 11.5. The fraction of sp³-hybridized carbons (Fsp3) is 0.0667.